The summed E-state index contributed by atoms with van der Waals surface area (Å²) >= 11 is 6.24. The third-order valence-corrected chi connectivity index (χ3v) is 6.06. The highest BCUT2D eigenvalue weighted by atomic mass is 35.5. The van der Waals surface area contributed by atoms with Crippen molar-refractivity contribution in [3.63, 3.8) is 0 Å². The van der Waals surface area contributed by atoms with Crippen molar-refractivity contribution < 1.29 is 0 Å². The summed E-state index contributed by atoms with van der Waals surface area (Å²) in [4.78, 5) is 0. The first kappa shape index (κ1) is 16.7. The molecule has 0 bridgehead atoms. The van der Waals surface area contributed by atoms with Gasteiger partial charge in [-0.1, -0.05) is 60.7 Å². The maximum Gasteiger partial charge on any atom is 0.0593 e. The van der Waals surface area contributed by atoms with E-state index in [9.17, 15) is 0 Å². The molecule has 0 saturated heterocycles. The Morgan fingerprint density at radius 2 is 1.28 bits per heavy atom. The van der Waals surface area contributed by atoms with Crippen LogP contribution in [0.1, 0.15) is 0 Å². The first-order valence-electron chi connectivity index (χ1n) is 9.93. The van der Waals surface area contributed by atoms with E-state index >= 15 is 0 Å². The zero-order valence-corrected chi connectivity index (χ0v) is 16.6. The van der Waals surface area contributed by atoms with E-state index < -0.39 is 0 Å². The maximum absolute atomic E-state index is 6.24. The molecule has 0 aliphatic heterocycles. The Hall–Kier alpha value is -3.23. The standard InChI is InChI=1S/C26H19ClN2/c27-16-17-28-22-12-6-4-10-19(22)20-14-15-24-25(26(20)28)21-11-5-7-13-23(21)29(24)18-8-2-1-3-9-18/h1-15H,16-17H2. The first-order valence-corrected chi connectivity index (χ1v) is 10.5. The number of rotatable bonds is 3. The van der Waals surface area contributed by atoms with E-state index in [1.54, 1.807) is 0 Å². The van der Waals surface area contributed by atoms with Gasteiger partial charge >= 0.3 is 0 Å². The number of fused-ring (bicyclic) bond motifs is 7. The molecule has 29 heavy (non-hydrogen) atoms. The molecule has 140 valence electrons. The average Bonchev–Trinajstić information content (AvgIpc) is 3.28. The van der Waals surface area contributed by atoms with E-state index in [0.29, 0.717) is 5.88 Å². The summed E-state index contributed by atoms with van der Waals surface area (Å²) < 4.78 is 4.76. The number of nitrogens with zero attached hydrogens (tertiary/aromatic N) is 2. The number of hydrogen-bond donors (Lipinski definition) is 0. The molecule has 0 atom stereocenters. The number of halogens is 1. The molecular weight excluding hydrogens is 376 g/mol. The fourth-order valence-electron chi connectivity index (χ4n) is 4.77. The number of aryl methyl sites for hydroxylation is 1. The minimum atomic E-state index is 0.585. The molecule has 2 nitrogen and oxygen atoms in total. The minimum Gasteiger partial charge on any atom is -0.339 e. The lowest BCUT2D eigenvalue weighted by Crippen LogP contribution is -1.99. The summed E-state index contributed by atoms with van der Waals surface area (Å²) in [5, 5.41) is 5.14. The molecule has 0 N–H and O–H groups in total. The summed E-state index contributed by atoms with van der Waals surface area (Å²) in [6.45, 7) is 0.787. The highest BCUT2D eigenvalue weighted by molar-refractivity contribution is 6.25. The monoisotopic (exact) mass is 394 g/mol. The van der Waals surface area contributed by atoms with E-state index in [0.717, 1.165) is 6.54 Å². The third kappa shape index (κ3) is 2.30. The van der Waals surface area contributed by atoms with Crippen LogP contribution in [0.3, 0.4) is 0 Å². The molecule has 6 rings (SSSR count). The van der Waals surface area contributed by atoms with Crippen molar-refractivity contribution in [2.24, 2.45) is 0 Å². The quantitative estimate of drug-likeness (QED) is 0.282. The van der Waals surface area contributed by atoms with Gasteiger partial charge in [0.2, 0.25) is 0 Å². The molecule has 3 heteroatoms. The predicted molar refractivity (Wildman–Crippen MR) is 125 cm³/mol. The van der Waals surface area contributed by atoms with E-state index in [4.69, 9.17) is 11.6 Å². The molecule has 2 heterocycles. The Kier molecular flexibility index (Phi) is 3.68. The molecule has 0 aliphatic carbocycles. The SMILES string of the molecule is ClCCn1c2ccccc2c2ccc3c(c4ccccc4n3-c3ccccc3)c21. The second-order valence-electron chi connectivity index (χ2n) is 7.40. The van der Waals surface area contributed by atoms with Crippen molar-refractivity contribution in [3.05, 3.63) is 91.0 Å². The van der Waals surface area contributed by atoms with Crippen molar-refractivity contribution in [1.29, 1.82) is 0 Å². The Bertz CT molecular complexity index is 1510. The lowest BCUT2D eigenvalue weighted by molar-refractivity contribution is 0.836. The maximum atomic E-state index is 6.24. The second kappa shape index (κ2) is 6.40. The van der Waals surface area contributed by atoms with Crippen molar-refractivity contribution >= 4 is 55.2 Å². The first-order chi connectivity index (χ1) is 14.4. The molecule has 0 saturated carbocycles. The van der Waals surface area contributed by atoms with E-state index in [-0.39, 0.29) is 0 Å². The largest absolute Gasteiger partial charge is 0.339 e. The Morgan fingerprint density at radius 3 is 2.07 bits per heavy atom. The molecule has 0 spiro atoms. The number of hydrogen-bond acceptors (Lipinski definition) is 0. The fraction of sp³-hybridized carbons (Fsp3) is 0.0769. The topological polar surface area (TPSA) is 9.86 Å². The van der Waals surface area contributed by atoms with E-state index in [1.165, 1.54) is 49.3 Å². The van der Waals surface area contributed by atoms with Crippen LogP contribution in [0.2, 0.25) is 0 Å². The zero-order chi connectivity index (χ0) is 19.4. The van der Waals surface area contributed by atoms with E-state index in [2.05, 4.69) is 100 Å². The molecule has 0 fully saturated rings. The summed E-state index contributed by atoms with van der Waals surface area (Å²) in [7, 11) is 0. The van der Waals surface area contributed by atoms with Gasteiger partial charge in [0.1, 0.15) is 0 Å². The molecule has 6 aromatic rings. The van der Waals surface area contributed by atoms with Gasteiger partial charge in [-0.15, -0.1) is 11.6 Å². The Balaban J connectivity index is 1.89. The van der Waals surface area contributed by atoms with Gasteiger partial charge in [0, 0.05) is 45.2 Å². The van der Waals surface area contributed by atoms with Gasteiger partial charge in [-0.05, 0) is 30.3 Å². The van der Waals surface area contributed by atoms with Gasteiger partial charge < -0.3 is 9.13 Å². The van der Waals surface area contributed by atoms with Crippen LogP contribution >= 0.6 is 11.6 Å². The van der Waals surface area contributed by atoms with Crippen LogP contribution in [0.15, 0.2) is 91.0 Å². The summed E-state index contributed by atoms with van der Waals surface area (Å²) in [6, 6.07) is 32.5. The highest BCUT2D eigenvalue weighted by Gasteiger charge is 2.19. The van der Waals surface area contributed by atoms with Crippen LogP contribution in [0.5, 0.6) is 0 Å². The number of aromatic nitrogens is 2. The molecule has 0 amide bonds. The van der Waals surface area contributed by atoms with Crippen LogP contribution in [-0.4, -0.2) is 15.0 Å². The molecule has 2 aromatic heterocycles. The minimum absolute atomic E-state index is 0.585. The van der Waals surface area contributed by atoms with Crippen LogP contribution < -0.4 is 0 Å². The fourth-order valence-corrected chi connectivity index (χ4v) is 4.94. The van der Waals surface area contributed by atoms with Crippen molar-refractivity contribution in [1.82, 2.24) is 9.13 Å². The number of para-hydroxylation sites is 3. The lowest BCUT2D eigenvalue weighted by atomic mass is 10.1. The van der Waals surface area contributed by atoms with Gasteiger partial charge in [-0.2, -0.15) is 0 Å². The average molecular weight is 395 g/mol. The number of benzene rings is 4. The predicted octanol–water partition coefficient (Wildman–Crippen LogP) is 7.13. The molecular formula is C26H19ClN2. The van der Waals surface area contributed by atoms with Crippen molar-refractivity contribution in [3.8, 4) is 5.69 Å². The van der Waals surface area contributed by atoms with Crippen molar-refractivity contribution in [2.45, 2.75) is 6.54 Å². The molecule has 0 radical (unpaired) electrons. The van der Waals surface area contributed by atoms with Gasteiger partial charge in [0.15, 0.2) is 0 Å². The highest BCUT2D eigenvalue weighted by Crippen LogP contribution is 2.40. The zero-order valence-electron chi connectivity index (χ0n) is 15.8. The smallest absolute Gasteiger partial charge is 0.0593 e. The normalized spacial score (nSPS) is 11.9. The summed E-state index contributed by atoms with van der Waals surface area (Å²) in [5.41, 5.74) is 6.15. The second-order valence-corrected chi connectivity index (χ2v) is 7.78. The van der Waals surface area contributed by atoms with Crippen molar-refractivity contribution in [2.75, 3.05) is 5.88 Å². The summed E-state index contributed by atoms with van der Waals surface area (Å²) in [6.07, 6.45) is 0. The Morgan fingerprint density at radius 1 is 0.586 bits per heavy atom. The van der Waals surface area contributed by atoms with Crippen LogP contribution in [-0.2, 0) is 6.54 Å². The van der Waals surface area contributed by atoms with Gasteiger partial charge in [0.05, 0.1) is 16.6 Å². The van der Waals surface area contributed by atoms with E-state index in [1.807, 2.05) is 0 Å². The van der Waals surface area contributed by atoms with Gasteiger partial charge in [-0.3, -0.25) is 0 Å². The van der Waals surface area contributed by atoms with Crippen LogP contribution in [0.4, 0.5) is 0 Å². The number of alkyl halides is 1. The molecule has 4 aromatic carbocycles. The van der Waals surface area contributed by atoms with Crippen LogP contribution in [0, 0.1) is 0 Å². The third-order valence-electron chi connectivity index (χ3n) is 5.89. The van der Waals surface area contributed by atoms with Gasteiger partial charge in [-0.25, -0.2) is 0 Å². The Labute approximate surface area is 173 Å². The van der Waals surface area contributed by atoms with Gasteiger partial charge in [0.25, 0.3) is 0 Å². The molecule has 0 unspecified atom stereocenters. The molecule has 0 aliphatic rings. The summed E-state index contributed by atoms with van der Waals surface area (Å²) in [5.74, 6) is 0.585. The van der Waals surface area contributed by atoms with Crippen LogP contribution in [0.25, 0.3) is 49.3 Å². The lowest BCUT2D eigenvalue weighted by Gasteiger charge is -2.08.